The number of ether oxygens (including phenoxy) is 2. The molecule has 0 radical (unpaired) electrons. The van der Waals surface area contributed by atoms with Gasteiger partial charge in [0.05, 0.1) is 11.8 Å². The Kier molecular flexibility index (Phi) is 3.57. The summed E-state index contributed by atoms with van der Waals surface area (Å²) in [5.41, 5.74) is 2.05. The van der Waals surface area contributed by atoms with Crippen molar-refractivity contribution in [3.63, 3.8) is 0 Å². The van der Waals surface area contributed by atoms with Crippen LogP contribution in [0.3, 0.4) is 0 Å². The van der Waals surface area contributed by atoms with E-state index < -0.39 is 0 Å². The van der Waals surface area contributed by atoms with Crippen LogP contribution in [0.2, 0.25) is 0 Å². The van der Waals surface area contributed by atoms with Crippen LogP contribution in [0.25, 0.3) is 11.4 Å². The number of fused-ring (bicyclic) bond motifs is 1. The zero-order chi connectivity index (χ0) is 19.5. The highest BCUT2D eigenvalue weighted by Crippen LogP contribution is 2.61. The fourth-order valence-electron chi connectivity index (χ4n) is 5.24. The lowest BCUT2D eigenvalue weighted by molar-refractivity contribution is -0.143. The van der Waals surface area contributed by atoms with Crippen LogP contribution in [0.15, 0.2) is 53.1 Å². The number of rotatable bonds is 4. The molecule has 0 N–H and O–H groups in total. The Bertz CT molecular complexity index is 1070. The summed E-state index contributed by atoms with van der Waals surface area (Å²) in [5, 5.41) is 4.17. The molecule has 1 aliphatic heterocycles. The van der Waals surface area contributed by atoms with Gasteiger partial charge in [0.1, 0.15) is 17.6 Å². The molecule has 6 rings (SSSR count). The van der Waals surface area contributed by atoms with Gasteiger partial charge in [0, 0.05) is 11.5 Å². The van der Waals surface area contributed by atoms with E-state index in [0.29, 0.717) is 23.6 Å². The van der Waals surface area contributed by atoms with Crippen LogP contribution in [0, 0.1) is 24.7 Å². The molecule has 146 valence electrons. The minimum absolute atomic E-state index is 0.00311. The first kappa shape index (κ1) is 16.8. The maximum Gasteiger partial charge on any atom is 0.310 e. The van der Waals surface area contributed by atoms with Gasteiger partial charge >= 0.3 is 5.97 Å². The van der Waals surface area contributed by atoms with Crippen LogP contribution < -0.4 is 4.74 Å². The first-order valence-corrected chi connectivity index (χ1v) is 10.0. The highest BCUT2D eigenvalue weighted by atomic mass is 16.6. The van der Waals surface area contributed by atoms with Crippen LogP contribution in [-0.4, -0.2) is 22.2 Å². The maximum atomic E-state index is 12.2. The van der Waals surface area contributed by atoms with E-state index in [4.69, 9.17) is 14.0 Å². The van der Waals surface area contributed by atoms with Crippen LogP contribution in [0.5, 0.6) is 11.5 Å². The van der Waals surface area contributed by atoms with Crippen molar-refractivity contribution in [1.29, 1.82) is 0 Å². The molecule has 2 saturated carbocycles. The largest absolute Gasteiger partial charge is 0.462 e. The second kappa shape index (κ2) is 6.17. The molecule has 6 heteroatoms. The van der Waals surface area contributed by atoms with Crippen molar-refractivity contribution in [3.05, 3.63) is 60.0 Å². The van der Waals surface area contributed by atoms with Gasteiger partial charge in [0.15, 0.2) is 0 Å². The molecule has 1 aromatic heterocycles. The number of carbonyl (C=O) groups excluding carboxylic acids is 1. The van der Waals surface area contributed by atoms with E-state index in [1.807, 2.05) is 55.5 Å². The molecular weight excluding hydrogens is 368 g/mol. The summed E-state index contributed by atoms with van der Waals surface area (Å²) in [7, 11) is 0. The number of nitrogens with zero attached hydrogens (tertiary/aromatic N) is 2. The third-order valence-corrected chi connectivity index (χ3v) is 6.58. The zero-order valence-corrected chi connectivity index (χ0v) is 15.9. The third kappa shape index (κ3) is 2.66. The van der Waals surface area contributed by atoms with Crippen molar-refractivity contribution < 1.29 is 18.8 Å². The topological polar surface area (TPSA) is 74.5 Å². The lowest BCUT2D eigenvalue weighted by atomic mass is 9.80. The van der Waals surface area contributed by atoms with Crippen molar-refractivity contribution in [2.45, 2.75) is 31.8 Å². The monoisotopic (exact) mass is 388 g/mol. The van der Waals surface area contributed by atoms with Gasteiger partial charge in [-0.25, -0.2) is 0 Å². The molecule has 2 aliphatic carbocycles. The van der Waals surface area contributed by atoms with Crippen LogP contribution in [0.4, 0.5) is 0 Å². The van der Waals surface area contributed by atoms with E-state index >= 15 is 0 Å². The number of benzene rings is 2. The van der Waals surface area contributed by atoms with Gasteiger partial charge in [0.25, 0.3) is 0 Å². The second-order valence-electron chi connectivity index (χ2n) is 8.32. The summed E-state index contributed by atoms with van der Waals surface area (Å²) in [6, 6.07) is 15.5. The van der Waals surface area contributed by atoms with Gasteiger partial charge in [-0.3, -0.25) is 4.79 Å². The third-order valence-electron chi connectivity index (χ3n) is 6.58. The van der Waals surface area contributed by atoms with Crippen molar-refractivity contribution >= 4 is 5.97 Å². The van der Waals surface area contributed by atoms with Crippen molar-refractivity contribution in [3.8, 4) is 22.9 Å². The first-order valence-electron chi connectivity index (χ1n) is 10.0. The molecule has 0 spiro atoms. The van der Waals surface area contributed by atoms with Crippen molar-refractivity contribution in [2.75, 3.05) is 0 Å². The smallest absolute Gasteiger partial charge is 0.310 e. The number of hydrogen-bond acceptors (Lipinski definition) is 6. The summed E-state index contributed by atoms with van der Waals surface area (Å²) >= 11 is 0. The average molecular weight is 388 g/mol. The molecule has 6 nitrogen and oxygen atoms in total. The molecule has 2 bridgehead atoms. The first-order chi connectivity index (χ1) is 14.2. The Morgan fingerprint density at radius 3 is 2.45 bits per heavy atom. The quantitative estimate of drug-likeness (QED) is 0.613. The van der Waals surface area contributed by atoms with Gasteiger partial charge in [-0.15, -0.1) is 0 Å². The predicted molar refractivity (Wildman–Crippen MR) is 103 cm³/mol. The Morgan fingerprint density at radius 1 is 0.966 bits per heavy atom. The van der Waals surface area contributed by atoms with E-state index in [0.717, 1.165) is 29.9 Å². The van der Waals surface area contributed by atoms with Crippen molar-refractivity contribution in [1.82, 2.24) is 10.1 Å². The van der Waals surface area contributed by atoms with Gasteiger partial charge in [-0.2, -0.15) is 4.98 Å². The van der Waals surface area contributed by atoms with E-state index in [-0.39, 0.29) is 23.9 Å². The second-order valence-corrected chi connectivity index (χ2v) is 8.32. The normalized spacial score (nSPS) is 29.3. The van der Waals surface area contributed by atoms with Crippen LogP contribution in [0.1, 0.15) is 30.2 Å². The minimum atomic E-state index is -0.114. The molecule has 3 aromatic rings. The molecular formula is C23H20N2O4. The molecule has 2 heterocycles. The Morgan fingerprint density at radius 2 is 1.69 bits per heavy atom. The lowest BCUT2D eigenvalue weighted by Gasteiger charge is -2.20. The molecule has 3 fully saturated rings. The number of aryl methyl sites for hydroxylation is 1. The number of aromatic nitrogens is 2. The Labute approximate surface area is 167 Å². The van der Waals surface area contributed by atoms with Gasteiger partial charge in [0.2, 0.25) is 11.7 Å². The summed E-state index contributed by atoms with van der Waals surface area (Å²) in [4.78, 5) is 16.9. The molecule has 0 amide bonds. The van der Waals surface area contributed by atoms with Crippen molar-refractivity contribution in [2.24, 2.45) is 17.8 Å². The van der Waals surface area contributed by atoms with Crippen LogP contribution >= 0.6 is 0 Å². The molecule has 1 saturated heterocycles. The predicted octanol–water partition coefficient (Wildman–Crippen LogP) is 4.50. The van der Waals surface area contributed by atoms with E-state index in [1.54, 1.807) is 0 Å². The number of esters is 1. The highest BCUT2D eigenvalue weighted by Gasteiger charge is 2.63. The zero-order valence-electron chi connectivity index (χ0n) is 15.9. The molecule has 2 aromatic carbocycles. The minimum Gasteiger partial charge on any atom is -0.462 e. The Balaban J connectivity index is 1.21. The highest BCUT2D eigenvalue weighted by molar-refractivity contribution is 5.78. The van der Waals surface area contributed by atoms with Gasteiger partial charge in [-0.1, -0.05) is 22.9 Å². The van der Waals surface area contributed by atoms with E-state index in [1.165, 1.54) is 5.56 Å². The fourth-order valence-corrected chi connectivity index (χ4v) is 5.24. The van der Waals surface area contributed by atoms with Gasteiger partial charge in [-0.05, 0) is 62.1 Å². The van der Waals surface area contributed by atoms with E-state index in [9.17, 15) is 4.79 Å². The average Bonchev–Trinajstić information content (AvgIpc) is 3.46. The standard InChI is InChI=1S/C23H20N2O4/c1-12-2-6-15(7-3-12)27-16-8-4-13(5-9-16)21-24-22(29-25-21)19-14-10-17-18(11-14)28-23(26)20(17)19/h2-9,14,17-20H,10-11H2,1H3/t14-,17-,18-,19+,20+/m1/s1. The SMILES string of the molecule is Cc1ccc(Oc2ccc(-c3noc([C@H]4[C@@H]5C[C@H]6[C@@H]4C(=O)O[C@@H]6C5)n3)cc2)cc1. The summed E-state index contributed by atoms with van der Waals surface area (Å²) < 4.78 is 17.0. The summed E-state index contributed by atoms with van der Waals surface area (Å²) in [5.74, 6) is 3.15. The Hall–Kier alpha value is -3.15. The molecule has 29 heavy (non-hydrogen) atoms. The molecule has 5 atom stereocenters. The lowest BCUT2D eigenvalue weighted by Crippen LogP contribution is -2.24. The van der Waals surface area contributed by atoms with Crippen LogP contribution in [-0.2, 0) is 9.53 Å². The molecule has 0 unspecified atom stereocenters. The summed E-state index contributed by atoms with van der Waals surface area (Å²) in [6.07, 6.45) is 2.05. The van der Waals surface area contributed by atoms with E-state index in [2.05, 4.69) is 10.1 Å². The maximum absolute atomic E-state index is 12.2. The molecule has 3 aliphatic rings. The fraction of sp³-hybridized carbons (Fsp3) is 0.348. The summed E-state index contributed by atoms with van der Waals surface area (Å²) in [6.45, 7) is 2.04. The number of carbonyl (C=O) groups is 1. The number of hydrogen-bond donors (Lipinski definition) is 0. The van der Waals surface area contributed by atoms with Gasteiger partial charge < -0.3 is 14.0 Å².